The monoisotopic (exact) mass is 311 g/mol. The van der Waals surface area contributed by atoms with Gasteiger partial charge in [0.1, 0.15) is 24.0 Å². The molecule has 0 aliphatic heterocycles. The summed E-state index contributed by atoms with van der Waals surface area (Å²) in [4.78, 5) is 8.91. The molecule has 0 saturated carbocycles. The van der Waals surface area contributed by atoms with Crippen molar-refractivity contribution in [1.29, 1.82) is 0 Å². The van der Waals surface area contributed by atoms with Crippen LogP contribution >= 0.6 is 0 Å². The molecule has 1 aromatic carbocycles. The molecular weight excluding hydrogens is 290 g/mol. The standard InChI is InChI=1S/C17H21N5O/c1-11-5-7-14(8-6-11)23-10-12(2)19-16-15-9-18-22(4)17(15)21-13(3)20-16/h5-9,12H,10H2,1-4H3,(H,19,20,21)/t12-/m1/s1. The van der Waals surface area contributed by atoms with Crippen LogP contribution in [0.3, 0.4) is 0 Å². The van der Waals surface area contributed by atoms with Crippen molar-refractivity contribution in [3.05, 3.63) is 41.9 Å². The molecule has 0 aliphatic rings. The van der Waals surface area contributed by atoms with Gasteiger partial charge in [0.2, 0.25) is 0 Å². The second-order valence-corrected chi connectivity index (χ2v) is 5.79. The first-order chi connectivity index (χ1) is 11.0. The number of anilines is 1. The number of hydrogen-bond donors (Lipinski definition) is 1. The molecule has 0 radical (unpaired) electrons. The molecule has 23 heavy (non-hydrogen) atoms. The van der Waals surface area contributed by atoms with Gasteiger partial charge in [-0.05, 0) is 32.9 Å². The SMILES string of the molecule is Cc1ccc(OC[C@@H](C)Nc2nc(C)nc3c2cnn3C)cc1. The van der Waals surface area contributed by atoms with Gasteiger partial charge < -0.3 is 10.1 Å². The average molecular weight is 311 g/mol. The fourth-order valence-electron chi connectivity index (χ4n) is 2.37. The topological polar surface area (TPSA) is 64.9 Å². The van der Waals surface area contributed by atoms with Crippen LogP contribution in [0.2, 0.25) is 0 Å². The summed E-state index contributed by atoms with van der Waals surface area (Å²) in [6.07, 6.45) is 1.78. The van der Waals surface area contributed by atoms with Gasteiger partial charge in [0.05, 0.1) is 17.6 Å². The van der Waals surface area contributed by atoms with E-state index in [9.17, 15) is 0 Å². The number of nitrogens with one attached hydrogen (secondary N) is 1. The molecule has 3 rings (SSSR count). The van der Waals surface area contributed by atoms with Crippen LogP contribution in [0.25, 0.3) is 11.0 Å². The van der Waals surface area contributed by atoms with E-state index in [1.807, 2.05) is 38.2 Å². The van der Waals surface area contributed by atoms with Gasteiger partial charge in [0.15, 0.2) is 5.65 Å². The van der Waals surface area contributed by atoms with Gasteiger partial charge in [0, 0.05) is 7.05 Å². The lowest BCUT2D eigenvalue weighted by Crippen LogP contribution is -2.24. The van der Waals surface area contributed by atoms with Crippen molar-refractivity contribution in [2.75, 3.05) is 11.9 Å². The predicted octanol–water partition coefficient (Wildman–Crippen LogP) is 2.86. The van der Waals surface area contributed by atoms with Crippen LogP contribution in [0, 0.1) is 13.8 Å². The Bertz CT molecular complexity index is 810. The van der Waals surface area contributed by atoms with E-state index in [-0.39, 0.29) is 6.04 Å². The van der Waals surface area contributed by atoms with Gasteiger partial charge >= 0.3 is 0 Å². The molecule has 0 spiro atoms. The number of aryl methyl sites for hydroxylation is 3. The fraction of sp³-hybridized carbons (Fsp3) is 0.353. The molecular formula is C17H21N5O. The summed E-state index contributed by atoms with van der Waals surface area (Å²) in [5, 5.41) is 8.56. The molecule has 120 valence electrons. The van der Waals surface area contributed by atoms with Crippen molar-refractivity contribution in [3.8, 4) is 5.75 Å². The number of benzene rings is 1. The highest BCUT2D eigenvalue weighted by molar-refractivity contribution is 5.86. The average Bonchev–Trinajstić information content (AvgIpc) is 2.88. The summed E-state index contributed by atoms with van der Waals surface area (Å²) in [7, 11) is 1.88. The Morgan fingerprint density at radius 3 is 2.65 bits per heavy atom. The first-order valence-corrected chi connectivity index (χ1v) is 7.65. The summed E-state index contributed by atoms with van der Waals surface area (Å²) < 4.78 is 7.57. The molecule has 0 saturated heterocycles. The zero-order valence-electron chi connectivity index (χ0n) is 13.9. The zero-order chi connectivity index (χ0) is 16.4. The van der Waals surface area contributed by atoms with Crippen molar-refractivity contribution >= 4 is 16.9 Å². The highest BCUT2D eigenvalue weighted by atomic mass is 16.5. The summed E-state index contributed by atoms with van der Waals surface area (Å²) >= 11 is 0. The third-order valence-corrected chi connectivity index (χ3v) is 3.61. The summed E-state index contributed by atoms with van der Waals surface area (Å²) in [5.41, 5.74) is 2.05. The summed E-state index contributed by atoms with van der Waals surface area (Å²) in [6, 6.07) is 8.15. The van der Waals surface area contributed by atoms with Crippen LogP contribution in [0.15, 0.2) is 30.5 Å². The van der Waals surface area contributed by atoms with Gasteiger partial charge in [0.25, 0.3) is 0 Å². The molecule has 0 amide bonds. The first kappa shape index (κ1) is 15.3. The van der Waals surface area contributed by atoms with Crippen molar-refractivity contribution in [2.45, 2.75) is 26.8 Å². The van der Waals surface area contributed by atoms with Gasteiger partial charge in [-0.15, -0.1) is 0 Å². The van der Waals surface area contributed by atoms with E-state index >= 15 is 0 Å². The number of rotatable bonds is 5. The number of fused-ring (bicyclic) bond motifs is 1. The molecule has 0 unspecified atom stereocenters. The van der Waals surface area contributed by atoms with Crippen molar-refractivity contribution in [1.82, 2.24) is 19.7 Å². The molecule has 2 heterocycles. The van der Waals surface area contributed by atoms with E-state index < -0.39 is 0 Å². The maximum Gasteiger partial charge on any atom is 0.163 e. The predicted molar refractivity (Wildman–Crippen MR) is 90.8 cm³/mol. The van der Waals surface area contributed by atoms with Crippen LogP contribution < -0.4 is 10.1 Å². The Morgan fingerprint density at radius 1 is 1.17 bits per heavy atom. The normalized spacial score (nSPS) is 12.3. The van der Waals surface area contributed by atoms with Crippen LogP contribution in [0.1, 0.15) is 18.3 Å². The molecule has 0 aliphatic carbocycles. The second-order valence-electron chi connectivity index (χ2n) is 5.79. The van der Waals surface area contributed by atoms with Gasteiger partial charge in [-0.1, -0.05) is 17.7 Å². The quantitative estimate of drug-likeness (QED) is 0.785. The van der Waals surface area contributed by atoms with Crippen LogP contribution in [0.5, 0.6) is 5.75 Å². The smallest absolute Gasteiger partial charge is 0.163 e. The number of nitrogens with zero attached hydrogens (tertiary/aromatic N) is 4. The maximum absolute atomic E-state index is 5.82. The van der Waals surface area contributed by atoms with Crippen LogP contribution in [-0.2, 0) is 7.05 Å². The molecule has 6 nitrogen and oxygen atoms in total. The minimum atomic E-state index is 0.106. The molecule has 1 N–H and O–H groups in total. The molecule has 0 fully saturated rings. The third-order valence-electron chi connectivity index (χ3n) is 3.61. The Labute approximate surface area is 135 Å². The van der Waals surface area contributed by atoms with Gasteiger partial charge in [-0.25, -0.2) is 9.97 Å². The fourth-order valence-corrected chi connectivity index (χ4v) is 2.37. The Hall–Kier alpha value is -2.63. The van der Waals surface area contributed by atoms with E-state index in [1.165, 1.54) is 5.56 Å². The first-order valence-electron chi connectivity index (χ1n) is 7.65. The molecule has 0 bridgehead atoms. The van der Waals surface area contributed by atoms with E-state index in [2.05, 4.69) is 34.2 Å². The highest BCUT2D eigenvalue weighted by Crippen LogP contribution is 2.20. The Morgan fingerprint density at radius 2 is 1.91 bits per heavy atom. The van der Waals surface area contributed by atoms with Crippen molar-refractivity contribution < 1.29 is 4.74 Å². The van der Waals surface area contributed by atoms with Crippen molar-refractivity contribution in [3.63, 3.8) is 0 Å². The molecule has 1 atom stereocenters. The van der Waals surface area contributed by atoms with Gasteiger partial charge in [-0.3, -0.25) is 4.68 Å². The zero-order valence-corrected chi connectivity index (χ0v) is 13.9. The largest absolute Gasteiger partial charge is 0.491 e. The lowest BCUT2D eigenvalue weighted by atomic mass is 10.2. The second kappa shape index (κ2) is 6.24. The Kier molecular flexibility index (Phi) is 4.14. The molecule has 2 aromatic heterocycles. The van der Waals surface area contributed by atoms with E-state index in [1.54, 1.807) is 10.9 Å². The van der Waals surface area contributed by atoms with E-state index in [0.29, 0.717) is 6.61 Å². The van der Waals surface area contributed by atoms with Crippen molar-refractivity contribution in [2.24, 2.45) is 7.05 Å². The lowest BCUT2D eigenvalue weighted by Gasteiger charge is -2.16. The number of aromatic nitrogens is 4. The minimum Gasteiger partial charge on any atom is -0.491 e. The third kappa shape index (κ3) is 3.41. The molecule has 6 heteroatoms. The number of hydrogen-bond acceptors (Lipinski definition) is 5. The van der Waals surface area contributed by atoms with E-state index in [0.717, 1.165) is 28.4 Å². The van der Waals surface area contributed by atoms with Crippen LogP contribution in [0.4, 0.5) is 5.82 Å². The summed E-state index contributed by atoms with van der Waals surface area (Å²) in [5.74, 6) is 2.38. The maximum atomic E-state index is 5.82. The van der Waals surface area contributed by atoms with E-state index in [4.69, 9.17) is 4.74 Å². The van der Waals surface area contributed by atoms with Gasteiger partial charge in [-0.2, -0.15) is 5.10 Å². The minimum absolute atomic E-state index is 0.106. The number of ether oxygens (including phenoxy) is 1. The molecule has 3 aromatic rings. The Balaban J connectivity index is 1.70. The lowest BCUT2D eigenvalue weighted by molar-refractivity contribution is 0.304. The highest BCUT2D eigenvalue weighted by Gasteiger charge is 2.12. The van der Waals surface area contributed by atoms with Crippen LogP contribution in [-0.4, -0.2) is 32.4 Å². The summed E-state index contributed by atoms with van der Waals surface area (Å²) in [6.45, 7) is 6.55.